The molecule has 3 fully saturated rings. The second-order valence-electron chi connectivity index (χ2n) is 16.6. The number of rotatable bonds is 7. The van der Waals surface area contributed by atoms with Crippen LogP contribution in [0.15, 0.2) is 96.7 Å². The van der Waals surface area contributed by atoms with E-state index < -0.39 is 48.6 Å². The van der Waals surface area contributed by atoms with Gasteiger partial charge in [0.05, 0.1) is 42.7 Å². The molecule has 6 heterocycles. The van der Waals surface area contributed by atoms with Crippen LogP contribution in [0.5, 0.6) is 0 Å². The van der Waals surface area contributed by atoms with E-state index in [0.717, 1.165) is 31.3 Å². The fraction of sp³-hybridized carbons (Fsp3) is 0.617. The topological polar surface area (TPSA) is 161 Å². The lowest BCUT2D eigenvalue weighted by atomic mass is 9.85. The van der Waals surface area contributed by atoms with Gasteiger partial charge in [-0.15, -0.1) is 0 Å². The minimum Gasteiger partial charge on any atom is -0.481 e. The van der Waals surface area contributed by atoms with Crippen molar-refractivity contribution in [3.8, 4) is 0 Å². The summed E-state index contributed by atoms with van der Waals surface area (Å²) < 4.78 is 31.5. The molecule has 0 aromatic carbocycles. The molecule has 320 valence electrons. The third-order valence-corrected chi connectivity index (χ3v) is 12.0. The van der Waals surface area contributed by atoms with Crippen LogP contribution in [0.1, 0.15) is 91.9 Å². The predicted molar refractivity (Wildman–Crippen MR) is 222 cm³/mol. The van der Waals surface area contributed by atoms with Gasteiger partial charge in [0.15, 0.2) is 6.10 Å². The lowest BCUT2D eigenvalue weighted by molar-refractivity contribution is -0.175. The molecule has 58 heavy (non-hydrogen) atoms. The van der Waals surface area contributed by atoms with E-state index in [4.69, 9.17) is 28.8 Å². The van der Waals surface area contributed by atoms with Gasteiger partial charge in [-0.05, 0) is 63.0 Å². The van der Waals surface area contributed by atoms with Gasteiger partial charge in [0.25, 0.3) is 0 Å². The van der Waals surface area contributed by atoms with Gasteiger partial charge in [-0.2, -0.15) is 0 Å². The lowest BCUT2D eigenvalue weighted by Gasteiger charge is -2.40. The predicted octanol–water partition coefficient (Wildman–Crippen LogP) is 6.80. The van der Waals surface area contributed by atoms with Crippen LogP contribution >= 0.6 is 0 Å². The van der Waals surface area contributed by atoms with Gasteiger partial charge < -0.3 is 44.1 Å². The van der Waals surface area contributed by atoms with Crippen molar-refractivity contribution in [1.29, 1.82) is 0 Å². The highest BCUT2D eigenvalue weighted by Crippen LogP contribution is 2.38. The van der Waals surface area contributed by atoms with E-state index >= 15 is 0 Å². The van der Waals surface area contributed by atoms with E-state index in [2.05, 4.69) is 32.1 Å². The number of aliphatic hydroxyl groups excluding tert-OH is 3. The van der Waals surface area contributed by atoms with Crippen molar-refractivity contribution in [3.63, 3.8) is 0 Å². The minimum absolute atomic E-state index is 0.0508. The molecule has 6 aliphatic heterocycles. The van der Waals surface area contributed by atoms with E-state index in [1.54, 1.807) is 18.2 Å². The quantitative estimate of drug-likeness (QED) is 0.122. The van der Waals surface area contributed by atoms with Crippen molar-refractivity contribution in [2.45, 2.75) is 165 Å². The standard InChI is InChI=1S/C47H66O11/c1-30(17-14-15-23-44(50)51)27-31(2)47-40-26-25-34(54-47)18-10-6-5-7-11-19-35(48)46(53)43-28-36(49)32(3)37(56-43)21-16-22-38-33(4)41-29-42(55-38)39(57-41)20-12-8-9-13-24-45(52)58-40/h6,8-13,16,19-20,22,24-27,30,32-43,46-49,53H,5,7,14-15,17-18,21,23,28-29H2,1-4H3,(H,50,51). The highest BCUT2D eigenvalue weighted by Gasteiger charge is 2.45. The Morgan fingerprint density at radius 1 is 0.759 bits per heavy atom. The van der Waals surface area contributed by atoms with Crippen molar-refractivity contribution < 1.29 is 53.7 Å². The zero-order valence-electron chi connectivity index (χ0n) is 34.5. The Hall–Kier alpha value is -3.42. The van der Waals surface area contributed by atoms with Gasteiger partial charge >= 0.3 is 11.9 Å². The van der Waals surface area contributed by atoms with Crippen LogP contribution in [0, 0.1) is 17.8 Å². The Labute approximate surface area is 344 Å². The number of hydrogen-bond acceptors (Lipinski definition) is 10. The second-order valence-corrected chi connectivity index (χ2v) is 16.6. The van der Waals surface area contributed by atoms with Crippen molar-refractivity contribution in [2.24, 2.45) is 17.8 Å². The van der Waals surface area contributed by atoms with Crippen molar-refractivity contribution in [3.05, 3.63) is 96.7 Å². The Balaban J connectivity index is 1.29. The van der Waals surface area contributed by atoms with Crippen molar-refractivity contribution >= 4 is 11.9 Å². The van der Waals surface area contributed by atoms with Gasteiger partial charge in [-0.1, -0.05) is 106 Å². The summed E-state index contributed by atoms with van der Waals surface area (Å²) in [6, 6.07) is 0. The molecule has 0 aromatic rings. The third-order valence-electron chi connectivity index (χ3n) is 12.0. The molecule has 15 unspecified atom stereocenters. The maximum Gasteiger partial charge on any atom is 0.331 e. The number of unbranched alkanes of at least 4 members (excludes halogenated alkanes) is 1. The van der Waals surface area contributed by atoms with Gasteiger partial charge in [0.1, 0.15) is 24.4 Å². The second kappa shape index (κ2) is 22.8. The normalized spacial score (nSPS) is 38.4. The number of carbonyl (C=O) groups excluding carboxylic acids is 1. The number of carbonyl (C=O) groups is 2. The molecule has 11 heteroatoms. The number of carboxylic acids is 1. The number of hydrogen-bond donors (Lipinski definition) is 4. The van der Waals surface area contributed by atoms with Crippen LogP contribution in [0.25, 0.3) is 0 Å². The summed E-state index contributed by atoms with van der Waals surface area (Å²) in [5.74, 6) is -1.09. The monoisotopic (exact) mass is 806 g/mol. The highest BCUT2D eigenvalue weighted by atomic mass is 16.6. The first-order valence-corrected chi connectivity index (χ1v) is 21.3. The SMILES string of the molecule is CC(=CC(C)CCCCC(=O)O)C1OC2C=CC1OC(=O)C=CC=CC=CC1OC3CC1OC(C=CCC1OC(CC(O)C1C)C(O)C(O)C=CCCC=CC2)C3C. The molecule has 11 nitrogen and oxygen atoms in total. The molecule has 0 aliphatic carbocycles. The van der Waals surface area contributed by atoms with E-state index in [-0.39, 0.29) is 67.2 Å². The summed E-state index contributed by atoms with van der Waals surface area (Å²) in [5, 5.41) is 41.7. The molecule has 0 saturated carbocycles. The Bertz CT molecular complexity index is 1570. The zero-order chi connectivity index (χ0) is 41.6. The number of aliphatic carboxylic acids is 1. The summed E-state index contributed by atoms with van der Waals surface area (Å²) in [5.41, 5.74) is 0.945. The number of aliphatic hydroxyl groups is 3. The number of fused-ring (bicyclic) bond motifs is 13. The van der Waals surface area contributed by atoms with Gasteiger partial charge in [-0.25, -0.2) is 4.79 Å². The van der Waals surface area contributed by atoms with E-state index in [1.807, 2.05) is 62.5 Å². The van der Waals surface area contributed by atoms with Crippen LogP contribution in [0.3, 0.4) is 0 Å². The highest BCUT2D eigenvalue weighted by molar-refractivity contribution is 5.82. The van der Waals surface area contributed by atoms with Crippen LogP contribution in [-0.4, -0.2) is 106 Å². The molecule has 6 aliphatic rings. The van der Waals surface area contributed by atoms with Gasteiger partial charge in [0.2, 0.25) is 0 Å². The molecule has 0 amide bonds. The molecule has 0 radical (unpaired) electrons. The van der Waals surface area contributed by atoms with E-state index in [9.17, 15) is 24.9 Å². The fourth-order valence-corrected chi connectivity index (χ4v) is 8.38. The first kappa shape index (κ1) is 45.7. The van der Waals surface area contributed by atoms with E-state index in [0.29, 0.717) is 25.7 Å². The Morgan fingerprint density at radius 3 is 2.34 bits per heavy atom. The molecule has 0 spiro atoms. The molecule has 4 N–H and O–H groups in total. The maximum atomic E-state index is 13.0. The number of ether oxygens (including phenoxy) is 5. The summed E-state index contributed by atoms with van der Waals surface area (Å²) in [6.45, 7) is 8.15. The first-order chi connectivity index (χ1) is 27.9. The van der Waals surface area contributed by atoms with Crippen molar-refractivity contribution in [2.75, 3.05) is 0 Å². The largest absolute Gasteiger partial charge is 0.481 e. The molecule has 0 aromatic heterocycles. The average molecular weight is 807 g/mol. The fourth-order valence-electron chi connectivity index (χ4n) is 8.38. The smallest absolute Gasteiger partial charge is 0.331 e. The lowest BCUT2D eigenvalue weighted by Crippen LogP contribution is -2.50. The summed E-state index contributed by atoms with van der Waals surface area (Å²) in [4.78, 5) is 23.9. The molecule has 6 rings (SSSR count). The first-order valence-electron chi connectivity index (χ1n) is 21.3. The van der Waals surface area contributed by atoms with Crippen molar-refractivity contribution in [1.82, 2.24) is 0 Å². The third kappa shape index (κ3) is 13.6. The summed E-state index contributed by atoms with van der Waals surface area (Å²) in [7, 11) is 0. The van der Waals surface area contributed by atoms with E-state index in [1.165, 1.54) is 6.08 Å². The molecule has 3 saturated heterocycles. The molecule has 15 atom stereocenters. The number of esters is 1. The zero-order valence-corrected chi connectivity index (χ0v) is 34.5. The van der Waals surface area contributed by atoms with Gasteiger partial charge in [0, 0.05) is 37.2 Å². The van der Waals surface area contributed by atoms with Gasteiger partial charge in [-0.3, -0.25) is 4.79 Å². The Morgan fingerprint density at radius 2 is 1.53 bits per heavy atom. The molecule has 7 bridgehead atoms. The minimum atomic E-state index is -1.18. The van der Waals surface area contributed by atoms with Crippen LogP contribution in [0.2, 0.25) is 0 Å². The molecular weight excluding hydrogens is 741 g/mol. The number of allylic oxidation sites excluding steroid dienone is 7. The molecular formula is C47H66O11. The summed E-state index contributed by atoms with van der Waals surface area (Å²) in [6.07, 6.45) is 28.3. The Kier molecular flexibility index (Phi) is 18.0. The maximum absolute atomic E-state index is 13.0. The van der Waals surface area contributed by atoms with Crippen LogP contribution < -0.4 is 0 Å². The van der Waals surface area contributed by atoms with Crippen LogP contribution in [-0.2, 0) is 33.3 Å². The summed E-state index contributed by atoms with van der Waals surface area (Å²) >= 11 is 0. The number of carboxylic acid groups (broad SMARTS) is 1. The average Bonchev–Trinajstić information content (AvgIpc) is 3.54. The van der Waals surface area contributed by atoms with Crippen LogP contribution in [0.4, 0.5) is 0 Å².